The van der Waals surface area contributed by atoms with E-state index in [0.29, 0.717) is 34.2 Å². The highest BCUT2D eigenvalue weighted by Gasteiger charge is 2.36. The normalized spacial score (nSPS) is 15.8. The lowest BCUT2D eigenvalue weighted by Crippen LogP contribution is -2.26. The molecule has 1 aliphatic heterocycles. The van der Waals surface area contributed by atoms with E-state index in [4.69, 9.17) is 9.47 Å². The van der Waals surface area contributed by atoms with E-state index in [1.807, 2.05) is 23.6 Å². The first kappa shape index (κ1) is 22.8. The van der Waals surface area contributed by atoms with Crippen LogP contribution in [0.25, 0.3) is 0 Å². The van der Waals surface area contributed by atoms with Crippen LogP contribution in [0.5, 0.6) is 11.5 Å². The van der Waals surface area contributed by atoms with Gasteiger partial charge in [-0.25, -0.2) is 13.4 Å². The van der Waals surface area contributed by atoms with E-state index in [9.17, 15) is 13.2 Å². The van der Waals surface area contributed by atoms with Crippen LogP contribution >= 0.6 is 11.3 Å². The van der Waals surface area contributed by atoms with Crippen molar-refractivity contribution in [2.24, 2.45) is 5.10 Å². The summed E-state index contributed by atoms with van der Waals surface area (Å²) in [4.78, 5) is 13.9. The number of nitrogens with one attached hydrogen (secondary N) is 1. The summed E-state index contributed by atoms with van der Waals surface area (Å²) in [6, 6.07) is 15.6. The first-order valence-electron chi connectivity index (χ1n) is 10.0. The van der Waals surface area contributed by atoms with E-state index in [1.165, 1.54) is 16.3 Å². The lowest BCUT2D eigenvalue weighted by Gasteiger charge is -2.23. The number of methoxy groups -OCH3 is 2. The summed E-state index contributed by atoms with van der Waals surface area (Å²) in [5, 5.41) is 8.02. The predicted octanol–water partition coefficient (Wildman–Crippen LogP) is 4.13. The molecule has 0 saturated heterocycles. The van der Waals surface area contributed by atoms with Crippen LogP contribution in [0.1, 0.15) is 33.3 Å². The maximum absolute atomic E-state index is 13.3. The minimum atomic E-state index is -3.37. The molecule has 0 fully saturated rings. The van der Waals surface area contributed by atoms with Crippen molar-refractivity contribution in [3.8, 4) is 11.5 Å². The number of benzene rings is 2. The molecule has 8 nitrogen and oxygen atoms in total. The number of ether oxygens (including phenoxy) is 2. The molecule has 2 heterocycles. The highest BCUT2D eigenvalue weighted by atomic mass is 32.2. The Morgan fingerprint density at radius 2 is 1.88 bits per heavy atom. The average Bonchev–Trinajstić information content (AvgIpc) is 3.48. The summed E-state index contributed by atoms with van der Waals surface area (Å²) < 4.78 is 36.4. The minimum Gasteiger partial charge on any atom is -0.497 e. The van der Waals surface area contributed by atoms with E-state index in [1.54, 1.807) is 50.6 Å². The molecule has 0 radical (unpaired) electrons. The topological polar surface area (TPSA) is 97.3 Å². The van der Waals surface area contributed by atoms with E-state index < -0.39 is 16.1 Å². The number of anilines is 1. The maximum atomic E-state index is 13.3. The lowest BCUT2D eigenvalue weighted by atomic mass is 9.97. The van der Waals surface area contributed by atoms with Crippen LogP contribution in [0.15, 0.2) is 65.1 Å². The number of nitrogens with zero attached hydrogens (tertiary/aromatic N) is 2. The molecule has 0 saturated carbocycles. The van der Waals surface area contributed by atoms with Gasteiger partial charge >= 0.3 is 0 Å². The molecule has 1 N–H and O–H groups in total. The summed E-state index contributed by atoms with van der Waals surface area (Å²) in [7, 11) is -0.201. The number of sulfonamides is 1. The van der Waals surface area contributed by atoms with Gasteiger partial charge in [-0.05, 0) is 47.3 Å². The fourth-order valence-electron chi connectivity index (χ4n) is 3.67. The first-order valence-corrected chi connectivity index (χ1v) is 12.8. The van der Waals surface area contributed by atoms with Gasteiger partial charge in [0.2, 0.25) is 10.0 Å². The van der Waals surface area contributed by atoms with Crippen molar-refractivity contribution in [2.75, 3.05) is 25.2 Å². The maximum Gasteiger partial charge on any atom is 0.284 e. The Morgan fingerprint density at radius 1 is 1.12 bits per heavy atom. The predicted molar refractivity (Wildman–Crippen MR) is 129 cm³/mol. The van der Waals surface area contributed by atoms with Crippen LogP contribution in [0, 0.1) is 0 Å². The zero-order valence-corrected chi connectivity index (χ0v) is 19.9. The van der Waals surface area contributed by atoms with Gasteiger partial charge in [0, 0.05) is 17.7 Å². The van der Waals surface area contributed by atoms with Gasteiger partial charge in [0.05, 0.1) is 37.1 Å². The number of thiophene rings is 1. The van der Waals surface area contributed by atoms with Crippen molar-refractivity contribution < 1.29 is 22.7 Å². The Kier molecular flexibility index (Phi) is 6.39. The molecule has 1 unspecified atom stereocenters. The number of carbonyl (C=O) groups excluding carboxylic acids is 1. The van der Waals surface area contributed by atoms with Crippen LogP contribution in [0.4, 0.5) is 5.69 Å². The number of rotatable bonds is 7. The van der Waals surface area contributed by atoms with Crippen LogP contribution in [0.3, 0.4) is 0 Å². The van der Waals surface area contributed by atoms with Gasteiger partial charge in [-0.15, -0.1) is 11.3 Å². The summed E-state index contributed by atoms with van der Waals surface area (Å²) >= 11 is 1.36. The van der Waals surface area contributed by atoms with Gasteiger partial charge in [0.15, 0.2) is 0 Å². The number of hydrogen-bond donors (Lipinski definition) is 1. The van der Waals surface area contributed by atoms with E-state index in [0.717, 1.165) is 17.4 Å². The van der Waals surface area contributed by atoms with Gasteiger partial charge in [-0.3, -0.25) is 9.52 Å². The molecule has 1 aliphatic rings. The van der Waals surface area contributed by atoms with Gasteiger partial charge in [-0.2, -0.15) is 5.10 Å². The SMILES string of the molecule is COc1ccc(OC)c(C2CC(c3ccc(NS(C)(=O)=O)cc3)=NN2C(=O)c2cccs2)c1. The van der Waals surface area contributed by atoms with Crippen molar-refractivity contribution in [2.45, 2.75) is 12.5 Å². The summed E-state index contributed by atoms with van der Waals surface area (Å²) in [5.74, 6) is 1.08. The molecule has 172 valence electrons. The smallest absolute Gasteiger partial charge is 0.284 e. The van der Waals surface area contributed by atoms with Crippen LogP contribution in [-0.4, -0.2) is 45.5 Å². The number of carbonyl (C=O) groups is 1. The second kappa shape index (κ2) is 9.24. The third-order valence-corrected chi connectivity index (χ3v) is 6.63. The second-order valence-corrected chi connectivity index (χ2v) is 10.1. The highest BCUT2D eigenvalue weighted by molar-refractivity contribution is 7.92. The Labute approximate surface area is 196 Å². The first-order chi connectivity index (χ1) is 15.8. The summed E-state index contributed by atoms with van der Waals surface area (Å²) in [6.07, 6.45) is 1.56. The molecule has 10 heteroatoms. The Balaban J connectivity index is 1.72. The molecular weight excluding hydrogens is 462 g/mol. The van der Waals surface area contributed by atoms with Crippen molar-refractivity contribution >= 4 is 38.7 Å². The average molecular weight is 486 g/mol. The molecule has 1 amide bonds. The Morgan fingerprint density at radius 3 is 2.48 bits per heavy atom. The minimum absolute atomic E-state index is 0.203. The molecule has 0 aliphatic carbocycles. The largest absolute Gasteiger partial charge is 0.497 e. The monoisotopic (exact) mass is 485 g/mol. The van der Waals surface area contributed by atoms with Gasteiger partial charge in [0.25, 0.3) is 5.91 Å². The highest BCUT2D eigenvalue weighted by Crippen LogP contribution is 2.40. The van der Waals surface area contributed by atoms with Crippen molar-refractivity contribution in [1.29, 1.82) is 0 Å². The fourth-order valence-corrected chi connectivity index (χ4v) is 4.89. The van der Waals surface area contributed by atoms with Gasteiger partial charge in [-0.1, -0.05) is 18.2 Å². The van der Waals surface area contributed by atoms with E-state index in [2.05, 4.69) is 9.82 Å². The molecule has 3 aromatic rings. The Bertz CT molecular complexity index is 1290. The fraction of sp³-hybridized carbons (Fsp3) is 0.217. The van der Waals surface area contributed by atoms with Crippen molar-refractivity contribution in [3.05, 3.63) is 76.0 Å². The molecule has 1 aromatic heterocycles. The standard InChI is InChI=1S/C23H23N3O5S2/c1-30-17-10-11-21(31-2)18(13-17)20-14-19(24-26(20)23(27)22-5-4-12-32-22)15-6-8-16(9-7-15)25-33(3,28)29/h4-13,20,25H,14H2,1-3H3. The number of amides is 1. The van der Waals surface area contributed by atoms with Crippen LogP contribution in [0.2, 0.25) is 0 Å². The number of hydrogen-bond acceptors (Lipinski definition) is 7. The molecule has 2 aromatic carbocycles. The molecule has 0 bridgehead atoms. The number of hydrazone groups is 1. The molecule has 4 rings (SSSR count). The zero-order valence-electron chi connectivity index (χ0n) is 18.3. The van der Waals surface area contributed by atoms with Crippen LogP contribution in [-0.2, 0) is 10.0 Å². The lowest BCUT2D eigenvalue weighted by molar-refractivity contribution is 0.0714. The van der Waals surface area contributed by atoms with E-state index in [-0.39, 0.29) is 5.91 Å². The molecule has 0 spiro atoms. The van der Waals surface area contributed by atoms with Crippen LogP contribution < -0.4 is 14.2 Å². The zero-order chi connectivity index (χ0) is 23.6. The molecule has 33 heavy (non-hydrogen) atoms. The van der Waals surface area contributed by atoms with Gasteiger partial charge < -0.3 is 9.47 Å². The quantitative estimate of drug-likeness (QED) is 0.543. The third-order valence-electron chi connectivity index (χ3n) is 5.17. The summed E-state index contributed by atoms with van der Waals surface area (Å²) in [6.45, 7) is 0. The molecular formula is C23H23N3O5S2. The summed E-state index contributed by atoms with van der Waals surface area (Å²) in [5.41, 5.74) is 2.75. The molecule has 1 atom stereocenters. The van der Waals surface area contributed by atoms with Gasteiger partial charge in [0.1, 0.15) is 11.5 Å². The Hall–Kier alpha value is -3.37. The van der Waals surface area contributed by atoms with E-state index >= 15 is 0 Å². The second-order valence-electron chi connectivity index (χ2n) is 7.45. The van der Waals surface area contributed by atoms with Crippen molar-refractivity contribution in [1.82, 2.24) is 5.01 Å². The third kappa shape index (κ3) is 5.01. The van der Waals surface area contributed by atoms with Crippen molar-refractivity contribution in [3.63, 3.8) is 0 Å².